The standard InChI is InChI=1S/C14H13NO3/c1-2-18-14(17)11-9-15-12(8-13(11)16)10-6-4-3-5-7-10/h3-7,9H,2,8H2,1H3. The minimum Gasteiger partial charge on any atom is -0.462 e. The minimum absolute atomic E-state index is 0.0246. The molecular formula is C14H13NO3. The SMILES string of the molecule is CCOC(=O)C1=CN=C(c2ccccc2)CC1=O. The van der Waals surface area contributed by atoms with E-state index in [1.807, 2.05) is 30.3 Å². The number of rotatable bonds is 3. The molecule has 0 atom stereocenters. The lowest BCUT2D eigenvalue weighted by Gasteiger charge is -2.11. The molecule has 1 aromatic rings. The van der Waals surface area contributed by atoms with Gasteiger partial charge in [0.1, 0.15) is 5.57 Å². The molecule has 1 aliphatic heterocycles. The van der Waals surface area contributed by atoms with Crippen LogP contribution in [0.2, 0.25) is 0 Å². The van der Waals surface area contributed by atoms with E-state index in [1.165, 1.54) is 6.20 Å². The van der Waals surface area contributed by atoms with Gasteiger partial charge in [-0.1, -0.05) is 30.3 Å². The van der Waals surface area contributed by atoms with Gasteiger partial charge < -0.3 is 4.74 Å². The van der Waals surface area contributed by atoms with E-state index in [4.69, 9.17) is 4.74 Å². The van der Waals surface area contributed by atoms with Gasteiger partial charge in [-0.05, 0) is 12.5 Å². The lowest BCUT2D eigenvalue weighted by atomic mass is 9.99. The summed E-state index contributed by atoms with van der Waals surface area (Å²) in [7, 11) is 0. The molecule has 1 aliphatic rings. The second-order valence-corrected chi connectivity index (χ2v) is 3.81. The van der Waals surface area contributed by atoms with Gasteiger partial charge in [0.25, 0.3) is 0 Å². The second-order valence-electron chi connectivity index (χ2n) is 3.81. The van der Waals surface area contributed by atoms with Gasteiger partial charge >= 0.3 is 5.97 Å². The Labute approximate surface area is 105 Å². The maximum atomic E-state index is 11.8. The van der Waals surface area contributed by atoms with Gasteiger partial charge in [0.15, 0.2) is 5.78 Å². The Morgan fingerprint density at radius 3 is 2.67 bits per heavy atom. The zero-order valence-corrected chi connectivity index (χ0v) is 10.1. The third-order valence-corrected chi connectivity index (χ3v) is 2.58. The molecule has 0 saturated carbocycles. The van der Waals surface area contributed by atoms with Gasteiger partial charge in [-0.15, -0.1) is 0 Å². The fourth-order valence-electron chi connectivity index (χ4n) is 1.69. The molecule has 0 aliphatic carbocycles. The third-order valence-electron chi connectivity index (χ3n) is 2.58. The molecule has 1 aromatic carbocycles. The van der Waals surface area contributed by atoms with Crippen molar-refractivity contribution in [1.29, 1.82) is 0 Å². The van der Waals surface area contributed by atoms with Crippen molar-refractivity contribution in [3.8, 4) is 0 Å². The van der Waals surface area contributed by atoms with Crippen LogP contribution in [-0.2, 0) is 14.3 Å². The third kappa shape index (κ3) is 2.53. The van der Waals surface area contributed by atoms with Crippen molar-refractivity contribution in [1.82, 2.24) is 0 Å². The summed E-state index contributed by atoms with van der Waals surface area (Å²) < 4.78 is 4.80. The zero-order valence-electron chi connectivity index (χ0n) is 10.1. The topological polar surface area (TPSA) is 55.7 Å². The summed E-state index contributed by atoms with van der Waals surface area (Å²) in [5.41, 5.74) is 1.59. The molecule has 4 heteroatoms. The Bertz CT molecular complexity index is 529. The fraction of sp³-hybridized carbons (Fsp3) is 0.214. The van der Waals surface area contributed by atoms with Gasteiger partial charge in [0, 0.05) is 6.20 Å². The van der Waals surface area contributed by atoms with Crippen molar-refractivity contribution in [2.75, 3.05) is 6.61 Å². The van der Waals surface area contributed by atoms with E-state index in [-0.39, 0.29) is 24.4 Å². The first kappa shape index (κ1) is 12.2. The molecule has 0 radical (unpaired) electrons. The quantitative estimate of drug-likeness (QED) is 0.601. The maximum absolute atomic E-state index is 11.8. The number of ketones is 1. The predicted octanol–water partition coefficient (Wildman–Crippen LogP) is 1.90. The van der Waals surface area contributed by atoms with Crippen LogP contribution in [0.25, 0.3) is 0 Å². The van der Waals surface area contributed by atoms with Crippen molar-refractivity contribution >= 4 is 17.5 Å². The largest absolute Gasteiger partial charge is 0.462 e. The molecule has 18 heavy (non-hydrogen) atoms. The van der Waals surface area contributed by atoms with Crippen LogP contribution in [0.5, 0.6) is 0 Å². The number of benzene rings is 1. The van der Waals surface area contributed by atoms with Crippen LogP contribution in [0, 0.1) is 0 Å². The number of nitrogens with zero attached hydrogens (tertiary/aromatic N) is 1. The summed E-state index contributed by atoms with van der Waals surface area (Å²) in [4.78, 5) is 27.5. The van der Waals surface area contributed by atoms with Gasteiger partial charge in [-0.3, -0.25) is 9.79 Å². The molecule has 4 nitrogen and oxygen atoms in total. The smallest absolute Gasteiger partial charge is 0.343 e. The van der Waals surface area contributed by atoms with Crippen LogP contribution in [0.4, 0.5) is 0 Å². The van der Waals surface area contributed by atoms with Crippen LogP contribution < -0.4 is 0 Å². The summed E-state index contributed by atoms with van der Waals surface area (Å²) in [5.74, 6) is -0.847. The highest BCUT2D eigenvalue weighted by atomic mass is 16.5. The maximum Gasteiger partial charge on any atom is 0.343 e. The summed E-state index contributed by atoms with van der Waals surface area (Å²) in [5, 5.41) is 0. The number of aliphatic imine (C=N–C) groups is 1. The first-order valence-electron chi connectivity index (χ1n) is 5.75. The molecular weight excluding hydrogens is 230 g/mol. The summed E-state index contributed by atoms with van der Waals surface area (Å²) >= 11 is 0. The van der Waals surface area contributed by atoms with Gasteiger partial charge in [0.2, 0.25) is 0 Å². The Hall–Kier alpha value is -2.23. The summed E-state index contributed by atoms with van der Waals surface area (Å²) in [6, 6.07) is 9.43. The predicted molar refractivity (Wildman–Crippen MR) is 67.3 cm³/mol. The molecule has 0 unspecified atom stereocenters. The average molecular weight is 243 g/mol. The highest BCUT2D eigenvalue weighted by Crippen LogP contribution is 2.15. The highest BCUT2D eigenvalue weighted by molar-refractivity contribution is 6.26. The van der Waals surface area contributed by atoms with Crippen molar-refractivity contribution in [2.45, 2.75) is 13.3 Å². The van der Waals surface area contributed by atoms with E-state index >= 15 is 0 Å². The van der Waals surface area contributed by atoms with Gasteiger partial charge in [-0.25, -0.2) is 4.79 Å². The molecule has 0 saturated heterocycles. The lowest BCUT2D eigenvalue weighted by Crippen LogP contribution is -2.22. The molecule has 2 rings (SSSR count). The van der Waals surface area contributed by atoms with E-state index < -0.39 is 5.97 Å². The molecule has 0 spiro atoms. The number of carbonyl (C=O) groups excluding carboxylic acids is 2. The number of esters is 1. The average Bonchev–Trinajstić information content (AvgIpc) is 2.40. The molecule has 0 fully saturated rings. The molecule has 0 amide bonds. The molecule has 0 N–H and O–H groups in total. The number of Topliss-reactive ketones (excluding diaryl/α,β-unsaturated/α-hetero) is 1. The van der Waals surface area contributed by atoms with E-state index in [0.29, 0.717) is 5.71 Å². The monoisotopic (exact) mass is 243 g/mol. The Morgan fingerprint density at radius 2 is 2.06 bits per heavy atom. The van der Waals surface area contributed by atoms with Gasteiger partial charge in [-0.2, -0.15) is 0 Å². The molecule has 0 bridgehead atoms. The zero-order chi connectivity index (χ0) is 13.0. The number of hydrogen-bond acceptors (Lipinski definition) is 4. The van der Waals surface area contributed by atoms with Crippen molar-refractivity contribution in [2.24, 2.45) is 4.99 Å². The number of carbonyl (C=O) groups is 2. The number of ether oxygens (including phenoxy) is 1. The molecule has 0 aromatic heterocycles. The van der Waals surface area contributed by atoms with Crippen molar-refractivity contribution in [3.05, 3.63) is 47.7 Å². The van der Waals surface area contributed by atoms with Crippen LogP contribution in [0.1, 0.15) is 18.9 Å². The van der Waals surface area contributed by atoms with E-state index in [1.54, 1.807) is 6.92 Å². The minimum atomic E-state index is -0.599. The molecule has 1 heterocycles. The fourth-order valence-corrected chi connectivity index (χ4v) is 1.69. The first-order valence-corrected chi connectivity index (χ1v) is 5.75. The second kappa shape index (κ2) is 5.40. The van der Waals surface area contributed by atoms with Crippen LogP contribution in [0.15, 0.2) is 47.1 Å². The highest BCUT2D eigenvalue weighted by Gasteiger charge is 2.24. The normalized spacial score (nSPS) is 14.8. The van der Waals surface area contributed by atoms with E-state index in [9.17, 15) is 9.59 Å². The lowest BCUT2D eigenvalue weighted by molar-refractivity contribution is -0.139. The Morgan fingerprint density at radius 1 is 1.33 bits per heavy atom. The summed E-state index contributed by atoms with van der Waals surface area (Å²) in [6.07, 6.45) is 1.43. The van der Waals surface area contributed by atoms with Crippen LogP contribution in [-0.4, -0.2) is 24.1 Å². The van der Waals surface area contributed by atoms with Crippen LogP contribution >= 0.6 is 0 Å². The Balaban J connectivity index is 2.25. The van der Waals surface area contributed by atoms with Crippen LogP contribution in [0.3, 0.4) is 0 Å². The van der Waals surface area contributed by atoms with Gasteiger partial charge in [0.05, 0.1) is 18.7 Å². The van der Waals surface area contributed by atoms with E-state index in [0.717, 1.165) is 5.56 Å². The Kier molecular flexibility index (Phi) is 3.67. The first-order chi connectivity index (χ1) is 8.72. The van der Waals surface area contributed by atoms with E-state index in [2.05, 4.69) is 4.99 Å². The number of hydrogen-bond donors (Lipinski definition) is 0. The van der Waals surface area contributed by atoms with Crippen molar-refractivity contribution in [3.63, 3.8) is 0 Å². The molecule has 92 valence electrons. The summed E-state index contributed by atoms with van der Waals surface area (Å²) in [6.45, 7) is 1.95. The van der Waals surface area contributed by atoms with Crippen molar-refractivity contribution < 1.29 is 14.3 Å².